The quantitative estimate of drug-likeness (QED) is 0.735. The minimum Gasteiger partial charge on any atom is -0.392 e. The minimum absolute atomic E-state index is 0.00446. The van der Waals surface area contributed by atoms with Crippen molar-refractivity contribution < 1.29 is 8.42 Å². The molecule has 0 heterocycles. The van der Waals surface area contributed by atoms with E-state index >= 15 is 0 Å². The van der Waals surface area contributed by atoms with E-state index in [-0.39, 0.29) is 17.3 Å². The normalized spacial score (nSPS) is 11.2. The maximum atomic E-state index is 11.5. The van der Waals surface area contributed by atoms with E-state index < -0.39 is 10.0 Å². The van der Waals surface area contributed by atoms with Crippen molar-refractivity contribution in [1.29, 1.82) is 0 Å². The van der Waals surface area contributed by atoms with Crippen LogP contribution in [0.3, 0.4) is 0 Å². The molecular formula is C9H12N2O2S2. The molecule has 82 valence electrons. The van der Waals surface area contributed by atoms with Crippen molar-refractivity contribution in [1.82, 2.24) is 4.72 Å². The Hall–Kier alpha value is -0.980. The molecule has 0 unspecified atom stereocenters. The Morgan fingerprint density at radius 1 is 1.33 bits per heavy atom. The first kappa shape index (κ1) is 12.1. The fourth-order valence-corrected chi connectivity index (χ4v) is 2.30. The molecular weight excluding hydrogens is 232 g/mol. The van der Waals surface area contributed by atoms with Crippen LogP contribution in [0.4, 0.5) is 0 Å². The zero-order chi connectivity index (χ0) is 11.3. The van der Waals surface area contributed by atoms with Gasteiger partial charge in [0.1, 0.15) is 0 Å². The van der Waals surface area contributed by atoms with E-state index in [4.69, 9.17) is 5.73 Å². The smallest absolute Gasteiger partial charge is 0.216 e. The molecule has 3 N–H and O–H groups in total. The van der Waals surface area contributed by atoms with Gasteiger partial charge >= 0.3 is 0 Å². The van der Waals surface area contributed by atoms with Gasteiger partial charge in [0.05, 0.1) is 17.3 Å². The summed E-state index contributed by atoms with van der Waals surface area (Å²) in [7, 11) is -3.35. The van der Waals surface area contributed by atoms with Crippen LogP contribution in [-0.2, 0) is 15.8 Å². The standard InChI is InChI=1S/C9H12N2O2S2/c10-9(14)6-11-15(12,13)7-8-4-2-1-3-5-8/h1-5,11H,6-7H2,(H2,10,14). The molecule has 0 aliphatic carbocycles. The number of nitrogens with two attached hydrogens (primary N) is 1. The molecule has 15 heavy (non-hydrogen) atoms. The van der Waals surface area contributed by atoms with E-state index in [1.807, 2.05) is 6.07 Å². The second kappa shape index (κ2) is 5.20. The van der Waals surface area contributed by atoms with E-state index in [1.54, 1.807) is 24.3 Å². The monoisotopic (exact) mass is 244 g/mol. The zero-order valence-electron chi connectivity index (χ0n) is 8.01. The van der Waals surface area contributed by atoms with Crippen LogP contribution >= 0.6 is 12.2 Å². The highest BCUT2D eigenvalue weighted by molar-refractivity contribution is 7.88. The zero-order valence-corrected chi connectivity index (χ0v) is 9.64. The summed E-state index contributed by atoms with van der Waals surface area (Å²) in [5.74, 6) is -0.0591. The number of hydrogen-bond donors (Lipinski definition) is 2. The van der Waals surface area contributed by atoms with E-state index in [2.05, 4.69) is 16.9 Å². The molecule has 0 spiro atoms. The van der Waals surface area contributed by atoms with Crippen LogP contribution in [0.2, 0.25) is 0 Å². The van der Waals surface area contributed by atoms with Gasteiger partial charge in [0.15, 0.2) is 0 Å². The molecule has 4 nitrogen and oxygen atoms in total. The summed E-state index contributed by atoms with van der Waals surface area (Å²) in [6, 6.07) is 8.91. The van der Waals surface area contributed by atoms with E-state index in [0.717, 1.165) is 5.56 Å². The van der Waals surface area contributed by atoms with Crippen LogP contribution in [0, 0.1) is 0 Å². The summed E-state index contributed by atoms with van der Waals surface area (Å²) in [5, 5.41) is 0. The van der Waals surface area contributed by atoms with Gasteiger partial charge in [-0.05, 0) is 5.56 Å². The first-order valence-electron chi connectivity index (χ1n) is 4.29. The molecule has 1 aromatic rings. The molecule has 0 atom stereocenters. The first-order valence-corrected chi connectivity index (χ1v) is 6.35. The van der Waals surface area contributed by atoms with Crippen molar-refractivity contribution in [2.75, 3.05) is 6.54 Å². The molecule has 0 radical (unpaired) electrons. The van der Waals surface area contributed by atoms with Crippen LogP contribution in [0.15, 0.2) is 30.3 Å². The summed E-state index contributed by atoms with van der Waals surface area (Å²) in [6.45, 7) is 0.00446. The van der Waals surface area contributed by atoms with Gasteiger partial charge in [-0.15, -0.1) is 0 Å². The second-order valence-electron chi connectivity index (χ2n) is 3.03. The van der Waals surface area contributed by atoms with Crippen molar-refractivity contribution in [3.63, 3.8) is 0 Å². The van der Waals surface area contributed by atoms with Gasteiger partial charge < -0.3 is 5.73 Å². The Labute approximate surface area is 94.5 Å². The van der Waals surface area contributed by atoms with Gasteiger partial charge in [0.2, 0.25) is 10.0 Å². The van der Waals surface area contributed by atoms with E-state index in [9.17, 15) is 8.42 Å². The molecule has 6 heteroatoms. The van der Waals surface area contributed by atoms with Gasteiger partial charge in [-0.1, -0.05) is 42.5 Å². The minimum atomic E-state index is -3.35. The Bertz CT molecular complexity index is 429. The summed E-state index contributed by atoms with van der Waals surface area (Å²) in [6.07, 6.45) is 0. The van der Waals surface area contributed by atoms with Crippen LogP contribution in [0.1, 0.15) is 5.56 Å². The van der Waals surface area contributed by atoms with Crippen molar-refractivity contribution in [2.24, 2.45) is 5.73 Å². The topological polar surface area (TPSA) is 72.2 Å². The number of hydrogen-bond acceptors (Lipinski definition) is 3. The fraction of sp³-hybridized carbons (Fsp3) is 0.222. The van der Waals surface area contributed by atoms with Gasteiger partial charge in [-0.2, -0.15) is 0 Å². The number of thiocarbonyl (C=S) groups is 1. The lowest BCUT2D eigenvalue weighted by Gasteiger charge is -2.05. The van der Waals surface area contributed by atoms with Crippen molar-refractivity contribution in [2.45, 2.75) is 5.75 Å². The lowest BCUT2D eigenvalue weighted by atomic mass is 10.2. The van der Waals surface area contributed by atoms with E-state index in [1.165, 1.54) is 0 Å². The van der Waals surface area contributed by atoms with Gasteiger partial charge in [-0.3, -0.25) is 0 Å². The van der Waals surface area contributed by atoms with Crippen LogP contribution < -0.4 is 10.5 Å². The SMILES string of the molecule is NC(=S)CNS(=O)(=O)Cc1ccccc1. The first-order chi connectivity index (χ1) is 6.99. The number of sulfonamides is 1. The summed E-state index contributed by atoms with van der Waals surface area (Å²) >= 11 is 4.58. The van der Waals surface area contributed by atoms with Gasteiger partial charge in [-0.25, -0.2) is 13.1 Å². The highest BCUT2D eigenvalue weighted by atomic mass is 32.2. The molecule has 0 bridgehead atoms. The Morgan fingerprint density at radius 2 is 1.93 bits per heavy atom. The third-order valence-corrected chi connectivity index (χ3v) is 3.11. The average Bonchev–Trinajstić information content (AvgIpc) is 2.16. The van der Waals surface area contributed by atoms with Crippen molar-refractivity contribution in [3.8, 4) is 0 Å². The Balaban J connectivity index is 2.61. The number of nitrogens with one attached hydrogen (secondary N) is 1. The third kappa shape index (κ3) is 4.87. The average molecular weight is 244 g/mol. The third-order valence-electron chi connectivity index (χ3n) is 1.67. The summed E-state index contributed by atoms with van der Waals surface area (Å²) in [4.78, 5) is 0.131. The molecule has 0 aliphatic heterocycles. The molecule has 1 rings (SSSR count). The van der Waals surface area contributed by atoms with Crippen molar-refractivity contribution >= 4 is 27.2 Å². The maximum Gasteiger partial charge on any atom is 0.216 e. The molecule has 1 aromatic carbocycles. The Kier molecular flexibility index (Phi) is 4.19. The maximum absolute atomic E-state index is 11.5. The van der Waals surface area contributed by atoms with Crippen LogP contribution in [-0.4, -0.2) is 20.0 Å². The summed E-state index contributed by atoms with van der Waals surface area (Å²) in [5.41, 5.74) is 5.93. The van der Waals surface area contributed by atoms with E-state index in [0.29, 0.717) is 0 Å². The predicted molar refractivity (Wildman–Crippen MR) is 63.9 cm³/mol. The second-order valence-corrected chi connectivity index (χ2v) is 5.36. The predicted octanol–water partition coefficient (Wildman–Crippen LogP) is 0.392. The molecule has 0 saturated heterocycles. The Morgan fingerprint density at radius 3 is 2.47 bits per heavy atom. The van der Waals surface area contributed by atoms with Crippen LogP contribution in [0.5, 0.6) is 0 Å². The molecule has 0 aromatic heterocycles. The lowest BCUT2D eigenvalue weighted by Crippen LogP contribution is -2.33. The molecule has 0 amide bonds. The number of rotatable bonds is 5. The summed E-state index contributed by atoms with van der Waals surface area (Å²) < 4.78 is 25.3. The fourth-order valence-electron chi connectivity index (χ4n) is 1.03. The largest absolute Gasteiger partial charge is 0.392 e. The molecule has 0 saturated carbocycles. The van der Waals surface area contributed by atoms with Gasteiger partial charge in [0, 0.05) is 0 Å². The molecule has 0 aliphatic rings. The molecule has 0 fully saturated rings. The van der Waals surface area contributed by atoms with Gasteiger partial charge in [0.25, 0.3) is 0 Å². The highest BCUT2D eigenvalue weighted by Crippen LogP contribution is 2.03. The lowest BCUT2D eigenvalue weighted by molar-refractivity contribution is 0.585. The van der Waals surface area contributed by atoms with Crippen molar-refractivity contribution in [3.05, 3.63) is 35.9 Å². The highest BCUT2D eigenvalue weighted by Gasteiger charge is 2.10. The number of benzene rings is 1. The van der Waals surface area contributed by atoms with Crippen LogP contribution in [0.25, 0.3) is 0 Å².